The first-order valence-electron chi connectivity index (χ1n) is 8.93. The maximum atomic E-state index is 5.37. The number of allylic oxidation sites excluding steroid dienone is 2. The smallest absolute Gasteiger partial charge is 0.0518 e. The molecule has 1 nitrogen and oxygen atoms in total. The molecule has 0 aromatic heterocycles. The van der Waals surface area contributed by atoms with Gasteiger partial charge < -0.3 is 4.74 Å². The molecule has 0 radical (unpaired) electrons. The van der Waals surface area contributed by atoms with E-state index in [1.54, 1.807) is 0 Å². The Morgan fingerprint density at radius 1 is 0.950 bits per heavy atom. The summed E-state index contributed by atoms with van der Waals surface area (Å²) < 4.78 is 5.37. The van der Waals surface area contributed by atoms with Gasteiger partial charge in [-0.05, 0) is 44.4 Å². The van der Waals surface area contributed by atoms with E-state index in [9.17, 15) is 0 Å². The Hall–Kier alpha value is -0.300. The van der Waals surface area contributed by atoms with Gasteiger partial charge in [0.15, 0.2) is 0 Å². The fourth-order valence-electron chi connectivity index (χ4n) is 2.66. The third-order valence-corrected chi connectivity index (χ3v) is 3.43. The highest BCUT2D eigenvalue weighted by molar-refractivity contribution is 4.86. The molecule has 0 spiro atoms. The van der Waals surface area contributed by atoms with Gasteiger partial charge in [0.25, 0.3) is 0 Å². The third kappa shape index (κ3) is 12.7. The lowest BCUT2D eigenvalue weighted by atomic mass is 9.82. The molecule has 0 aliphatic heterocycles. The van der Waals surface area contributed by atoms with Crippen LogP contribution in [0.4, 0.5) is 0 Å². The average molecular weight is 287 g/mol. The van der Waals surface area contributed by atoms with Crippen molar-refractivity contribution in [2.75, 3.05) is 13.7 Å². The molecular weight excluding hydrogens is 244 g/mol. The van der Waals surface area contributed by atoms with Crippen LogP contribution in [0.5, 0.6) is 0 Å². The van der Waals surface area contributed by atoms with Gasteiger partial charge in [-0.2, -0.15) is 0 Å². The second-order valence-corrected chi connectivity index (χ2v) is 4.60. The second-order valence-electron chi connectivity index (χ2n) is 4.60. The minimum atomic E-state index is 0.538. The fourth-order valence-corrected chi connectivity index (χ4v) is 2.66. The van der Waals surface area contributed by atoms with Crippen molar-refractivity contribution in [2.24, 2.45) is 5.41 Å². The molecule has 0 saturated heterocycles. The van der Waals surface area contributed by atoms with E-state index in [1.807, 2.05) is 48.7 Å². The molecule has 0 atom stereocenters. The summed E-state index contributed by atoms with van der Waals surface area (Å²) in [4.78, 5) is 0. The van der Waals surface area contributed by atoms with Crippen molar-refractivity contribution in [3.63, 3.8) is 0 Å². The Kier molecular flexibility index (Phi) is 25.9. The van der Waals surface area contributed by atoms with Crippen molar-refractivity contribution in [3.05, 3.63) is 12.2 Å². The predicted molar refractivity (Wildman–Crippen MR) is 95.5 cm³/mol. The Labute approximate surface area is 130 Å². The molecule has 0 aromatic rings. The summed E-state index contributed by atoms with van der Waals surface area (Å²) in [7, 11) is 1.84. The Morgan fingerprint density at radius 3 is 1.85 bits per heavy atom. The maximum absolute atomic E-state index is 5.37. The molecule has 124 valence electrons. The van der Waals surface area contributed by atoms with E-state index in [0.717, 1.165) is 6.61 Å². The van der Waals surface area contributed by atoms with Crippen molar-refractivity contribution in [1.82, 2.24) is 0 Å². The molecule has 1 rings (SSSR count). The summed E-state index contributed by atoms with van der Waals surface area (Å²) >= 11 is 0. The van der Waals surface area contributed by atoms with Crippen molar-refractivity contribution in [2.45, 2.75) is 93.4 Å². The molecule has 0 N–H and O–H groups in total. The number of methoxy groups -OCH3 is 1. The van der Waals surface area contributed by atoms with Gasteiger partial charge in [-0.25, -0.2) is 0 Å². The van der Waals surface area contributed by atoms with Crippen LogP contribution in [-0.4, -0.2) is 13.7 Å². The summed E-state index contributed by atoms with van der Waals surface area (Å²) in [6.07, 6.45) is 13.9. The highest BCUT2D eigenvalue weighted by Gasteiger charge is 2.32. The summed E-state index contributed by atoms with van der Waals surface area (Å²) in [5.74, 6) is 0. The molecule has 1 fully saturated rings. The zero-order valence-corrected chi connectivity index (χ0v) is 15.7. The Morgan fingerprint density at radius 2 is 1.45 bits per heavy atom. The molecule has 1 heteroatoms. The van der Waals surface area contributed by atoms with Gasteiger partial charge in [0.1, 0.15) is 0 Å². The quantitative estimate of drug-likeness (QED) is 0.376. The SMILES string of the molecule is C/C=C/CCCC1(COC)CCCC1.CC.CC.CC. The van der Waals surface area contributed by atoms with Gasteiger partial charge in [-0.15, -0.1) is 0 Å². The summed E-state index contributed by atoms with van der Waals surface area (Å²) in [5, 5.41) is 0. The van der Waals surface area contributed by atoms with E-state index in [0.29, 0.717) is 5.41 Å². The van der Waals surface area contributed by atoms with Gasteiger partial charge in [0.2, 0.25) is 0 Å². The van der Waals surface area contributed by atoms with Gasteiger partial charge in [0.05, 0.1) is 6.61 Å². The standard InChI is InChI=1S/C13H24O.3C2H6/c1-3-4-5-6-9-13(12-14-2)10-7-8-11-13;3*1-2/h3-4H,5-12H2,1-2H3;3*1-2H3/b4-3+;;;. The number of rotatable bonds is 6. The highest BCUT2D eigenvalue weighted by Crippen LogP contribution is 2.42. The molecule has 1 aliphatic rings. The molecular formula is C19H42O. The van der Waals surface area contributed by atoms with E-state index in [1.165, 1.54) is 44.9 Å². The van der Waals surface area contributed by atoms with E-state index >= 15 is 0 Å². The predicted octanol–water partition coefficient (Wildman–Crippen LogP) is 7.02. The summed E-state index contributed by atoms with van der Waals surface area (Å²) in [5.41, 5.74) is 0.538. The van der Waals surface area contributed by atoms with E-state index in [4.69, 9.17) is 4.74 Å². The molecule has 1 aliphatic carbocycles. The number of hydrogen-bond donors (Lipinski definition) is 0. The van der Waals surface area contributed by atoms with Gasteiger partial charge >= 0.3 is 0 Å². The molecule has 0 bridgehead atoms. The third-order valence-electron chi connectivity index (χ3n) is 3.43. The zero-order valence-electron chi connectivity index (χ0n) is 15.7. The first-order valence-corrected chi connectivity index (χ1v) is 8.93. The van der Waals surface area contributed by atoms with Gasteiger partial charge in [-0.3, -0.25) is 0 Å². The van der Waals surface area contributed by atoms with Crippen molar-refractivity contribution in [1.29, 1.82) is 0 Å². The van der Waals surface area contributed by atoms with Crippen molar-refractivity contribution < 1.29 is 4.74 Å². The van der Waals surface area contributed by atoms with Crippen LogP contribution in [-0.2, 0) is 4.74 Å². The monoisotopic (exact) mass is 286 g/mol. The van der Waals surface area contributed by atoms with E-state index in [-0.39, 0.29) is 0 Å². The lowest BCUT2D eigenvalue weighted by Crippen LogP contribution is -2.22. The topological polar surface area (TPSA) is 9.23 Å². The van der Waals surface area contributed by atoms with Crippen LogP contribution in [0.3, 0.4) is 0 Å². The molecule has 0 unspecified atom stereocenters. The number of hydrogen-bond acceptors (Lipinski definition) is 1. The minimum absolute atomic E-state index is 0.538. The first kappa shape index (κ1) is 24.7. The summed E-state index contributed by atoms with van der Waals surface area (Å²) in [6, 6.07) is 0. The lowest BCUT2D eigenvalue weighted by molar-refractivity contribution is 0.0753. The van der Waals surface area contributed by atoms with Crippen LogP contribution >= 0.6 is 0 Å². The maximum Gasteiger partial charge on any atom is 0.0518 e. The van der Waals surface area contributed by atoms with E-state index < -0.39 is 0 Å². The minimum Gasteiger partial charge on any atom is -0.384 e. The van der Waals surface area contributed by atoms with Crippen LogP contribution in [0.25, 0.3) is 0 Å². The lowest BCUT2D eigenvalue weighted by Gasteiger charge is -2.27. The highest BCUT2D eigenvalue weighted by atomic mass is 16.5. The van der Waals surface area contributed by atoms with Gasteiger partial charge in [-0.1, -0.05) is 66.5 Å². The number of ether oxygens (including phenoxy) is 1. The molecule has 0 amide bonds. The van der Waals surface area contributed by atoms with Gasteiger partial charge in [0, 0.05) is 7.11 Å². The fraction of sp³-hybridized carbons (Fsp3) is 0.895. The summed E-state index contributed by atoms with van der Waals surface area (Å²) in [6.45, 7) is 15.1. The first-order chi connectivity index (χ1) is 9.83. The van der Waals surface area contributed by atoms with Crippen LogP contribution in [0.1, 0.15) is 93.4 Å². The molecule has 0 aromatic carbocycles. The Bertz CT molecular complexity index is 167. The largest absolute Gasteiger partial charge is 0.384 e. The Balaban J connectivity index is -0.000000425. The molecule has 20 heavy (non-hydrogen) atoms. The molecule has 1 saturated carbocycles. The number of unbranched alkanes of at least 4 members (excludes halogenated alkanes) is 1. The van der Waals surface area contributed by atoms with E-state index in [2.05, 4.69) is 19.1 Å². The van der Waals surface area contributed by atoms with Crippen molar-refractivity contribution >= 4 is 0 Å². The average Bonchev–Trinajstić information content (AvgIpc) is 2.99. The second kappa shape index (κ2) is 21.0. The van der Waals surface area contributed by atoms with Crippen LogP contribution in [0.15, 0.2) is 12.2 Å². The molecule has 0 heterocycles. The van der Waals surface area contributed by atoms with Crippen LogP contribution < -0.4 is 0 Å². The van der Waals surface area contributed by atoms with Crippen LogP contribution in [0, 0.1) is 5.41 Å². The normalized spacial score (nSPS) is 15.4. The zero-order chi connectivity index (χ0) is 16.3. The van der Waals surface area contributed by atoms with Crippen molar-refractivity contribution in [3.8, 4) is 0 Å². The van der Waals surface area contributed by atoms with Crippen LogP contribution in [0.2, 0.25) is 0 Å².